The van der Waals surface area contributed by atoms with Gasteiger partial charge in [-0.3, -0.25) is 0 Å². The Bertz CT molecular complexity index is 285. The maximum Gasteiger partial charge on any atom is 0.0485 e. The molecule has 16 heavy (non-hydrogen) atoms. The fraction of sp³-hybridized carbons (Fsp3) is 0.714. The number of ether oxygens (including phenoxy) is 1. The van der Waals surface area contributed by atoms with E-state index in [0.717, 1.165) is 26.1 Å². The standard InChI is InChI=1S/C14H23NO/c1-11(2)13-5-3-4-6-14(13)15-12-7-9-16-10-8-12/h5-6,11-12,15H,3-4,7-10H2,1-2H3. The van der Waals surface area contributed by atoms with Crippen LogP contribution in [0, 0.1) is 5.92 Å². The molecule has 1 aliphatic carbocycles. The molecule has 0 saturated carbocycles. The van der Waals surface area contributed by atoms with Gasteiger partial charge in [-0.05, 0) is 37.2 Å². The van der Waals surface area contributed by atoms with E-state index in [0.29, 0.717) is 12.0 Å². The quantitative estimate of drug-likeness (QED) is 0.791. The van der Waals surface area contributed by atoms with E-state index in [-0.39, 0.29) is 0 Å². The largest absolute Gasteiger partial charge is 0.382 e. The highest BCUT2D eigenvalue weighted by atomic mass is 16.5. The van der Waals surface area contributed by atoms with Gasteiger partial charge in [-0.1, -0.05) is 26.0 Å². The van der Waals surface area contributed by atoms with Crippen LogP contribution in [0.1, 0.15) is 39.5 Å². The van der Waals surface area contributed by atoms with Gasteiger partial charge < -0.3 is 10.1 Å². The highest BCUT2D eigenvalue weighted by Crippen LogP contribution is 2.24. The van der Waals surface area contributed by atoms with Gasteiger partial charge in [-0.15, -0.1) is 0 Å². The molecule has 1 aliphatic heterocycles. The smallest absolute Gasteiger partial charge is 0.0485 e. The Hall–Kier alpha value is -0.760. The second-order valence-corrected chi connectivity index (χ2v) is 5.04. The van der Waals surface area contributed by atoms with Crippen LogP contribution in [0.25, 0.3) is 0 Å². The molecule has 1 N–H and O–H groups in total. The summed E-state index contributed by atoms with van der Waals surface area (Å²) in [5, 5.41) is 3.70. The molecule has 0 amide bonds. The van der Waals surface area contributed by atoms with Crippen molar-refractivity contribution in [3.63, 3.8) is 0 Å². The first-order chi connectivity index (χ1) is 7.77. The lowest BCUT2D eigenvalue weighted by Gasteiger charge is -2.29. The van der Waals surface area contributed by atoms with E-state index < -0.39 is 0 Å². The van der Waals surface area contributed by atoms with Crippen LogP contribution in [0.2, 0.25) is 0 Å². The normalized spacial score (nSPS) is 22.9. The molecule has 0 aromatic carbocycles. The van der Waals surface area contributed by atoms with Crippen molar-refractivity contribution in [3.05, 3.63) is 23.4 Å². The zero-order valence-corrected chi connectivity index (χ0v) is 10.5. The van der Waals surface area contributed by atoms with Gasteiger partial charge in [-0.2, -0.15) is 0 Å². The lowest BCUT2D eigenvalue weighted by Crippen LogP contribution is -2.35. The first-order valence-corrected chi connectivity index (χ1v) is 6.52. The summed E-state index contributed by atoms with van der Waals surface area (Å²) in [5.41, 5.74) is 2.88. The zero-order chi connectivity index (χ0) is 11.4. The highest BCUT2D eigenvalue weighted by molar-refractivity contribution is 5.34. The molecule has 0 radical (unpaired) electrons. The second kappa shape index (κ2) is 5.53. The number of hydrogen-bond donors (Lipinski definition) is 1. The molecule has 0 unspecified atom stereocenters. The average molecular weight is 221 g/mol. The fourth-order valence-corrected chi connectivity index (χ4v) is 2.45. The lowest BCUT2D eigenvalue weighted by molar-refractivity contribution is 0.0804. The van der Waals surface area contributed by atoms with Crippen LogP contribution in [-0.2, 0) is 4.74 Å². The third kappa shape index (κ3) is 2.88. The average Bonchev–Trinajstić information content (AvgIpc) is 2.31. The molecule has 1 saturated heterocycles. The van der Waals surface area contributed by atoms with Gasteiger partial charge >= 0.3 is 0 Å². The van der Waals surface area contributed by atoms with Crippen molar-refractivity contribution in [1.29, 1.82) is 0 Å². The maximum atomic E-state index is 5.39. The van der Waals surface area contributed by atoms with Gasteiger partial charge in [0.15, 0.2) is 0 Å². The van der Waals surface area contributed by atoms with E-state index in [1.807, 2.05) is 0 Å². The number of nitrogens with one attached hydrogen (secondary N) is 1. The van der Waals surface area contributed by atoms with Crippen molar-refractivity contribution in [2.24, 2.45) is 5.92 Å². The van der Waals surface area contributed by atoms with Gasteiger partial charge in [0.2, 0.25) is 0 Å². The molecule has 0 aromatic rings. The summed E-state index contributed by atoms with van der Waals surface area (Å²) in [7, 11) is 0. The van der Waals surface area contributed by atoms with Crippen LogP contribution < -0.4 is 5.32 Å². The molecule has 0 aromatic heterocycles. The van der Waals surface area contributed by atoms with Crippen molar-refractivity contribution in [2.45, 2.75) is 45.6 Å². The fourth-order valence-electron chi connectivity index (χ4n) is 2.45. The Morgan fingerprint density at radius 3 is 2.56 bits per heavy atom. The Labute approximate surface area is 98.8 Å². The summed E-state index contributed by atoms with van der Waals surface area (Å²) in [4.78, 5) is 0. The molecule has 0 bridgehead atoms. The number of rotatable bonds is 3. The molecular formula is C14H23NO. The van der Waals surface area contributed by atoms with Crippen LogP contribution in [0.15, 0.2) is 23.4 Å². The third-order valence-electron chi connectivity index (χ3n) is 3.39. The molecule has 2 nitrogen and oxygen atoms in total. The van der Waals surface area contributed by atoms with Crippen molar-refractivity contribution >= 4 is 0 Å². The highest BCUT2D eigenvalue weighted by Gasteiger charge is 2.18. The van der Waals surface area contributed by atoms with Crippen LogP contribution >= 0.6 is 0 Å². The van der Waals surface area contributed by atoms with Crippen molar-refractivity contribution in [3.8, 4) is 0 Å². The first-order valence-electron chi connectivity index (χ1n) is 6.52. The second-order valence-electron chi connectivity index (χ2n) is 5.04. The molecule has 1 fully saturated rings. The van der Waals surface area contributed by atoms with Crippen LogP contribution in [0.3, 0.4) is 0 Å². The lowest BCUT2D eigenvalue weighted by atomic mass is 9.93. The minimum absolute atomic E-state index is 0.611. The van der Waals surface area contributed by atoms with Gasteiger partial charge in [0.1, 0.15) is 0 Å². The van der Waals surface area contributed by atoms with Crippen molar-refractivity contribution < 1.29 is 4.74 Å². The van der Waals surface area contributed by atoms with Crippen LogP contribution in [-0.4, -0.2) is 19.3 Å². The first kappa shape index (κ1) is 11.7. The summed E-state index contributed by atoms with van der Waals surface area (Å²) < 4.78 is 5.39. The Morgan fingerprint density at radius 1 is 1.19 bits per heavy atom. The van der Waals surface area contributed by atoms with E-state index in [1.54, 1.807) is 0 Å². The van der Waals surface area contributed by atoms with Crippen LogP contribution in [0.4, 0.5) is 0 Å². The monoisotopic (exact) mass is 221 g/mol. The molecule has 2 aliphatic rings. The Morgan fingerprint density at radius 2 is 1.88 bits per heavy atom. The predicted octanol–water partition coefficient (Wildman–Crippen LogP) is 3.02. The molecule has 2 rings (SSSR count). The predicted molar refractivity (Wildman–Crippen MR) is 67.2 cm³/mol. The van der Waals surface area contributed by atoms with E-state index in [9.17, 15) is 0 Å². The molecule has 90 valence electrons. The Balaban J connectivity index is 1.96. The minimum Gasteiger partial charge on any atom is -0.382 e. The third-order valence-corrected chi connectivity index (χ3v) is 3.39. The number of hydrogen-bond acceptors (Lipinski definition) is 2. The summed E-state index contributed by atoms with van der Waals surface area (Å²) in [6.45, 7) is 6.37. The van der Waals surface area contributed by atoms with Crippen molar-refractivity contribution in [1.82, 2.24) is 5.32 Å². The topological polar surface area (TPSA) is 21.3 Å². The Kier molecular flexibility index (Phi) is 4.05. The number of allylic oxidation sites excluding steroid dienone is 3. The zero-order valence-electron chi connectivity index (χ0n) is 10.5. The van der Waals surface area contributed by atoms with E-state index in [1.165, 1.54) is 24.1 Å². The van der Waals surface area contributed by atoms with Crippen molar-refractivity contribution in [2.75, 3.05) is 13.2 Å². The van der Waals surface area contributed by atoms with E-state index in [2.05, 4.69) is 31.3 Å². The van der Waals surface area contributed by atoms with Gasteiger partial charge in [0, 0.05) is 25.0 Å². The molecule has 0 spiro atoms. The summed E-state index contributed by atoms with van der Waals surface area (Å²) in [6.07, 6.45) is 9.43. The van der Waals surface area contributed by atoms with Gasteiger partial charge in [0.25, 0.3) is 0 Å². The summed E-state index contributed by atoms with van der Waals surface area (Å²) in [6, 6.07) is 0.611. The van der Waals surface area contributed by atoms with Gasteiger partial charge in [0.05, 0.1) is 0 Å². The SMILES string of the molecule is CC(C)C1=CCCC=C1NC1CCOCC1. The summed E-state index contributed by atoms with van der Waals surface area (Å²) >= 11 is 0. The van der Waals surface area contributed by atoms with Crippen LogP contribution in [0.5, 0.6) is 0 Å². The molecule has 2 heteroatoms. The minimum atomic E-state index is 0.611. The van der Waals surface area contributed by atoms with Gasteiger partial charge in [-0.25, -0.2) is 0 Å². The molecule has 1 heterocycles. The maximum absolute atomic E-state index is 5.39. The molecule has 0 atom stereocenters. The summed E-state index contributed by atoms with van der Waals surface area (Å²) in [5.74, 6) is 0.624. The van der Waals surface area contributed by atoms with E-state index >= 15 is 0 Å². The van der Waals surface area contributed by atoms with E-state index in [4.69, 9.17) is 4.74 Å². The molecular weight excluding hydrogens is 198 g/mol.